The van der Waals surface area contributed by atoms with Gasteiger partial charge in [0, 0.05) is 17.9 Å². The van der Waals surface area contributed by atoms with E-state index in [9.17, 15) is 20.1 Å². The van der Waals surface area contributed by atoms with Gasteiger partial charge in [0.25, 0.3) is 0 Å². The Balaban J connectivity index is 2.05. The van der Waals surface area contributed by atoms with E-state index in [1.165, 1.54) is 29.9 Å². The molecule has 6 heteroatoms. The molecule has 0 aliphatic heterocycles. The molecule has 158 valence electrons. The SMILES string of the molecule is CC(=O)On1c(-c2ccccc2)c(C(=O)/C=C/c2ccccc2)c2cc(C#N)c(C#N)cc21. The average molecular weight is 431 g/mol. The van der Waals surface area contributed by atoms with Crippen molar-refractivity contribution in [1.82, 2.24) is 4.73 Å². The molecule has 0 spiro atoms. The van der Waals surface area contributed by atoms with Gasteiger partial charge in [-0.2, -0.15) is 15.3 Å². The summed E-state index contributed by atoms with van der Waals surface area (Å²) in [5.41, 5.74) is 2.72. The number of hydrogen-bond donors (Lipinski definition) is 0. The van der Waals surface area contributed by atoms with Crippen molar-refractivity contribution < 1.29 is 14.4 Å². The summed E-state index contributed by atoms with van der Waals surface area (Å²) in [6.45, 7) is 1.26. The Bertz CT molecular complexity index is 1490. The zero-order chi connectivity index (χ0) is 23.4. The lowest BCUT2D eigenvalue weighted by Gasteiger charge is -2.10. The lowest BCUT2D eigenvalue weighted by molar-refractivity contribution is -0.140. The Morgan fingerprint density at radius 2 is 1.52 bits per heavy atom. The molecule has 4 aromatic rings. The van der Waals surface area contributed by atoms with Crippen LogP contribution in [0.4, 0.5) is 0 Å². The molecular formula is C27H17N3O3. The van der Waals surface area contributed by atoms with Crippen molar-refractivity contribution in [3.05, 3.63) is 101 Å². The van der Waals surface area contributed by atoms with E-state index in [4.69, 9.17) is 4.84 Å². The smallest absolute Gasteiger partial charge is 0.329 e. The molecule has 0 amide bonds. The normalized spacial score (nSPS) is 10.6. The molecule has 0 saturated heterocycles. The maximum Gasteiger partial charge on any atom is 0.329 e. The second kappa shape index (κ2) is 9.05. The van der Waals surface area contributed by atoms with Gasteiger partial charge in [0.1, 0.15) is 12.1 Å². The first-order chi connectivity index (χ1) is 16.0. The highest BCUT2D eigenvalue weighted by atomic mass is 16.7. The van der Waals surface area contributed by atoms with E-state index in [0.717, 1.165) is 5.56 Å². The van der Waals surface area contributed by atoms with Crippen molar-refractivity contribution in [3.63, 3.8) is 0 Å². The molecule has 0 radical (unpaired) electrons. The molecular weight excluding hydrogens is 414 g/mol. The second-order valence-electron chi connectivity index (χ2n) is 7.21. The fourth-order valence-electron chi connectivity index (χ4n) is 3.64. The molecule has 6 nitrogen and oxygen atoms in total. The third-order valence-corrected chi connectivity index (χ3v) is 5.04. The van der Waals surface area contributed by atoms with E-state index in [2.05, 4.69) is 0 Å². The highest BCUT2D eigenvalue weighted by Crippen LogP contribution is 2.35. The van der Waals surface area contributed by atoms with Crippen molar-refractivity contribution >= 4 is 28.7 Å². The summed E-state index contributed by atoms with van der Waals surface area (Å²) in [5, 5.41) is 19.4. The highest BCUT2D eigenvalue weighted by molar-refractivity contribution is 6.19. The number of aromatic nitrogens is 1. The second-order valence-corrected chi connectivity index (χ2v) is 7.21. The maximum absolute atomic E-state index is 13.5. The monoisotopic (exact) mass is 431 g/mol. The van der Waals surface area contributed by atoms with Gasteiger partial charge in [0.15, 0.2) is 5.78 Å². The number of ketones is 1. The van der Waals surface area contributed by atoms with Crippen LogP contribution < -0.4 is 4.84 Å². The number of benzene rings is 3. The van der Waals surface area contributed by atoms with Crippen LogP contribution in [0.25, 0.3) is 28.2 Å². The van der Waals surface area contributed by atoms with Crippen molar-refractivity contribution in [3.8, 4) is 23.4 Å². The Labute approximate surface area is 190 Å². The number of rotatable bonds is 5. The molecule has 0 aliphatic carbocycles. The van der Waals surface area contributed by atoms with Crippen LogP contribution in [0.5, 0.6) is 0 Å². The third-order valence-electron chi connectivity index (χ3n) is 5.04. The highest BCUT2D eigenvalue weighted by Gasteiger charge is 2.26. The quantitative estimate of drug-likeness (QED) is 0.330. The molecule has 0 atom stereocenters. The molecule has 33 heavy (non-hydrogen) atoms. The number of allylic oxidation sites excluding steroid dienone is 1. The Morgan fingerprint density at radius 1 is 0.909 bits per heavy atom. The van der Waals surface area contributed by atoms with E-state index in [1.807, 2.05) is 48.5 Å². The minimum absolute atomic E-state index is 0.120. The van der Waals surface area contributed by atoms with Crippen LogP contribution in [0.2, 0.25) is 0 Å². The van der Waals surface area contributed by atoms with Crippen LogP contribution in [0.1, 0.15) is 34.0 Å². The van der Waals surface area contributed by atoms with Gasteiger partial charge in [0.2, 0.25) is 0 Å². The van der Waals surface area contributed by atoms with Crippen molar-refractivity contribution in [2.24, 2.45) is 0 Å². The molecule has 4 rings (SSSR count). The summed E-state index contributed by atoms with van der Waals surface area (Å²) in [5.74, 6) is -0.923. The van der Waals surface area contributed by atoms with E-state index in [-0.39, 0.29) is 22.5 Å². The van der Waals surface area contributed by atoms with Gasteiger partial charge in [-0.3, -0.25) is 4.79 Å². The zero-order valence-electron chi connectivity index (χ0n) is 17.6. The summed E-state index contributed by atoms with van der Waals surface area (Å²) >= 11 is 0. The molecule has 0 N–H and O–H groups in total. The van der Waals surface area contributed by atoms with Crippen molar-refractivity contribution in [2.45, 2.75) is 6.92 Å². The molecule has 0 bridgehead atoms. The Kier molecular flexibility index (Phi) is 5.84. The fraction of sp³-hybridized carbons (Fsp3) is 0.0370. The van der Waals surface area contributed by atoms with E-state index in [1.54, 1.807) is 30.3 Å². The molecule has 0 unspecified atom stereocenters. The van der Waals surface area contributed by atoms with E-state index >= 15 is 0 Å². The van der Waals surface area contributed by atoms with Gasteiger partial charge in [-0.15, -0.1) is 0 Å². The minimum atomic E-state index is -0.592. The molecule has 0 saturated carbocycles. The topological polar surface area (TPSA) is 95.9 Å². The van der Waals surface area contributed by atoms with Crippen molar-refractivity contribution in [2.75, 3.05) is 0 Å². The average Bonchev–Trinajstić information content (AvgIpc) is 3.15. The third kappa shape index (κ3) is 4.14. The summed E-state index contributed by atoms with van der Waals surface area (Å²) in [7, 11) is 0. The maximum atomic E-state index is 13.5. The van der Waals surface area contributed by atoms with Crippen LogP contribution in [0.3, 0.4) is 0 Å². The van der Waals surface area contributed by atoms with E-state index < -0.39 is 5.97 Å². The molecule has 1 aromatic heterocycles. The summed E-state index contributed by atoms with van der Waals surface area (Å²) in [4.78, 5) is 30.9. The summed E-state index contributed by atoms with van der Waals surface area (Å²) in [6, 6.07) is 25.3. The number of hydrogen-bond acceptors (Lipinski definition) is 5. The van der Waals surface area contributed by atoms with Gasteiger partial charge in [0.05, 0.1) is 27.9 Å². The number of nitrogens with zero attached hydrogens (tertiary/aromatic N) is 3. The first kappa shape index (κ1) is 21.3. The van der Waals surface area contributed by atoms with Gasteiger partial charge in [-0.25, -0.2) is 4.79 Å². The predicted octanol–water partition coefficient (Wildman–Crippen LogP) is 4.92. The lowest BCUT2D eigenvalue weighted by atomic mass is 9.98. The molecule has 1 heterocycles. The lowest BCUT2D eigenvalue weighted by Crippen LogP contribution is -2.18. The standard InChI is InChI=1S/C27H17N3O3/c1-18(31)33-30-24-15-22(17-29)21(16-28)14-23(24)26(27(30)20-10-6-3-7-11-20)25(32)13-12-19-8-4-2-5-9-19/h2-15H,1H3/b13-12+. The Hall–Kier alpha value is -4.94. The number of carbonyl (C=O) groups excluding carboxylic acids is 2. The number of fused-ring (bicyclic) bond motifs is 1. The fourth-order valence-corrected chi connectivity index (χ4v) is 3.64. The van der Waals surface area contributed by atoms with Crippen molar-refractivity contribution in [1.29, 1.82) is 10.5 Å². The van der Waals surface area contributed by atoms with Crippen LogP contribution in [0.15, 0.2) is 78.9 Å². The number of carbonyl (C=O) groups is 2. The first-order valence-corrected chi connectivity index (χ1v) is 10.1. The van der Waals surface area contributed by atoms with Gasteiger partial charge < -0.3 is 4.84 Å². The molecule has 3 aromatic carbocycles. The molecule has 0 fully saturated rings. The first-order valence-electron chi connectivity index (χ1n) is 10.1. The largest absolute Gasteiger partial charge is 0.336 e. The van der Waals surface area contributed by atoms with Crippen LogP contribution in [-0.4, -0.2) is 16.5 Å². The zero-order valence-corrected chi connectivity index (χ0v) is 17.6. The molecule has 0 aliphatic rings. The van der Waals surface area contributed by atoms with Crippen LogP contribution >= 0.6 is 0 Å². The number of nitriles is 2. The van der Waals surface area contributed by atoms with Gasteiger partial charge >= 0.3 is 5.97 Å². The summed E-state index contributed by atoms with van der Waals surface area (Å²) in [6.07, 6.45) is 3.14. The minimum Gasteiger partial charge on any atom is -0.336 e. The predicted molar refractivity (Wildman–Crippen MR) is 124 cm³/mol. The van der Waals surface area contributed by atoms with Gasteiger partial charge in [-0.1, -0.05) is 66.7 Å². The van der Waals surface area contributed by atoms with Gasteiger partial charge in [-0.05, 0) is 23.8 Å². The van der Waals surface area contributed by atoms with Crippen LogP contribution in [-0.2, 0) is 4.79 Å². The summed E-state index contributed by atoms with van der Waals surface area (Å²) < 4.78 is 1.26. The van der Waals surface area contributed by atoms with E-state index in [0.29, 0.717) is 22.2 Å². The Morgan fingerprint density at radius 3 is 2.12 bits per heavy atom. The van der Waals surface area contributed by atoms with Crippen LogP contribution in [0, 0.1) is 22.7 Å².